The van der Waals surface area contributed by atoms with E-state index in [1.807, 2.05) is 6.07 Å². The minimum absolute atomic E-state index is 0.233. The number of aliphatic hydroxyl groups is 1. The van der Waals surface area contributed by atoms with Crippen LogP contribution in [0.4, 0.5) is 10.1 Å². The maximum atomic E-state index is 13.8. The summed E-state index contributed by atoms with van der Waals surface area (Å²) in [6, 6.07) is 3.37. The molecule has 4 atom stereocenters. The fraction of sp³-hybridized carbons (Fsp3) is 0.667. The Kier molecular flexibility index (Phi) is 3.96. The van der Waals surface area contributed by atoms with Gasteiger partial charge >= 0.3 is 0 Å². The van der Waals surface area contributed by atoms with E-state index in [-0.39, 0.29) is 5.82 Å². The van der Waals surface area contributed by atoms with Gasteiger partial charge in [-0.15, -0.1) is 0 Å². The van der Waals surface area contributed by atoms with Gasteiger partial charge < -0.3 is 10.0 Å². The van der Waals surface area contributed by atoms with E-state index in [0.717, 1.165) is 30.0 Å². The predicted molar refractivity (Wildman–Crippen MR) is 84.0 cm³/mol. The number of benzene rings is 1. The second-order valence-corrected chi connectivity index (χ2v) is 7.15. The second-order valence-electron chi connectivity index (χ2n) is 7.15. The molecule has 2 aliphatic rings. The van der Waals surface area contributed by atoms with Crippen molar-refractivity contribution in [3.05, 3.63) is 29.1 Å². The van der Waals surface area contributed by atoms with Crippen molar-refractivity contribution >= 4 is 5.69 Å². The predicted octanol–water partition coefficient (Wildman–Crippen LogP) is 4.06. The van der Waals surface area contributed by atoms with E-state index >= 15 is 0 Å². The molecule has 2 saturated carbocycles. The van der Waals surface area contributed by atoms with Crippen LogP contribution in [0.15, 0.2) is 12.1 Å². The first kappa shape index (κ1) is 14.8. The van der Waals surface area contributed by atoms with Crippen LogP contribution in [-0.4, -0.2) is 18.7 Å². The number of aryl methyl sites for hydroxylation is 1. The van der Waals surface area contributed by atoms with E-state index in [9.17, 15) is 9.50 Å². The third-order valence-electron chi connectivity index (χ3n) is 5.56. The smallest absolute Gasteiger partial charge is 0.126 e. The largest absolute Gasteiger partial charge is 0.389 e. The van der Waals surface area contributed by atoms with Gasteiger partial charge in [0.05, 0.1) is 6.10 Å². The number of rotatable bonds is 4. The summed E-state index contributed by atoms with van der Waals surface area (Å²) in [5.74, 6) is 2.36. The van der Waals surface area contributed by atoms with E-state index in [0.29, 0.717) is 11.1 Å². The Bertz CT molecular complexity index is 528. The molecule has 2 nitrogen and oxygen atoms in total. The van der Waals surface area contributed by atoms with E-state index < -0.39 is 6.10 Å². The van der Waals surface area contributed by atoms with Crippen LogP contribution in [0, 0.1) is 30.5 Å². The molecule has 1 aromatic rings. The summed E-state index contributed by atoms with van der Waals surface area (Å²) in [5.41, 5.74) is 2.32. The van der Waals surface area contributed by atoms with E-state index in [1.54, 1.807) is 13.8 Å². The Morgan fingerprint density at radius 3 is 2.67 bits per heavy atom. The standard InChI is InChI=1S/C18H26FNO/c1-11-6-18(16(12(2)21)9-17(11)19)20(3)10-15-8-13-4-5-14(15)7-13/h6,9,12-15,21H,4-5,7-8,10H2,1-3H3/t12-,13?,14?,15?/m1/s1. The molecule has 0 spiro atoms. The number of anilines is 1. The fourth-order valence-electron chi connectivity index (χ4n) is 4.40. The second kappa shape index (κ2) is 5.60. The van der Waals surface area contributed by atoms with Crippen molar-refractivity contribution in [3.63, 3.8) is 0 Å². The van der Waals surface area contributed by atoms with Gasteiger partial charge in [-0.2, -0.15) is 0 Å². The van der Waals surface area contributed by atoms with Crippen LogP contribution in [0.2, 0.25) is 0 Å². The van der Waals surface area contributed by atoms with Crippen molar-refractivity contribution in [2.45, 2.75) is 45.6 Å². The first-order valence-electron chi connectivity index (χ1n) is 8.15. The summed E-state index contributed by atoms with van der Waals surface area (Å²) in [4.78, 5) is 2.22. The quantitative estimate of drug-likeness (QED) is 0.904. The molecular formula is C18H26FNO. The van der Waals surface area contributed by atoms with Crippen molar-refractivity contribution in [3.8, 4) is 0 Å². The third-order valence-corrected chi connectivity index (χ3v) is 5.56. The summed E-state index contributed by atoms with van der Waals surface area (Å²) in [7, 11) is 2.07. The number of halogens is 1. The third kappa shape index (κ3) is 2.80. The van der Waals surface area contributed by atoms with Crippen LogP contribution in [0.25, 0.3) is 0 Å². The van der Waals surface area contributed by atoms with Gasteiger partial charge in [0.25, 0.3) is 0 Å². The van der Waals surface area contributed by atoms with Gasteiger partial charge in [0, 0.05) is 24.8 Å². The van der Waals surface area contributed by atoms with Crippen LogP contribution in [-0.2, 0) is 0 Å². The maximum Gasteiger partial charge on any atom is 0.126 e. The highest BCUT2D eigenvalue weighted by Crippen LogP contribution is 2.48. The lowest BCUT2D eigenvalue weighted by atomic mass is 9.88. The zero-order valence-corrected chi connectivity index (χ0v) is 13.3. The highest BCUT2D eigenvalue weighted by atomic mass is 19.1. The molecule has 0 aromatic heterocycles. The Morgan fingerprint density at radius 1 is 1.33 bits per heavy atom. The molecule has 2 aliphatic carbocycles. The zero-order valence-electron chi connectivity index (χ0n) is 13.3. The summed E-state index contributed by atoms with van der Waals surface area (Å²) in [6.07, 6.45) is 4.91. The van der Waals surface area contributed by atoms with Crippen LogP contribution >= 0.6 is 0 Å². The Hall–Kier alpha value is -1.09. The van der Waals surface area contributed by atoms with Gasteiger partial charge in [0.15, 0.2) is 0 Å². The van der Waals surface area contributed by atoms with Gasteiger partial charge in [0.2, 0.25) is 0 Å². The number of fused-ring (bicyclic) bond motifs is 2. The first-order valence-corrected chi connectivity index (χ1v) is 8.15. The molecule has 0 amide bonds. The van der Waals surface area contributed by atoms with Gasteiger partial charge in [0.1, 0.15) is 5.82 Å². The lowest BCUT2D eigenvalue weighted by Crippen LogP contribution is -2.29. The molecule has 3 rings (SSSR count). The number of aliphatic hydroxyl groups excluding tert-OH is 1. The average Bonchev–Trinajstić information content (AvgIpc) is 3.03. The van der Waals surface area contributed by atoms with Gasteiger partial charge in [-0.3, -0.25) is 0 Å². The van der Waals surface area contributed by atoms with Crippen LogP contribution in [0.3, 0.4) is 0 Å². The molecule has 0 saturated heterocycles. The minimum Gasteiger partial charge on any atom is -0.389 e. The molecular weight excluding hydrogens is 265 g/mol. The average molecular weight is 291 g/mol. The number of hydrogen-bond donors (Lipinski definition) is 1. The number of nitrogens with zero attached hydrogens (tertiary/aromatic N) is 1. The minimum atomic E-state index is -0.641. The van der Waals surface area contributed by atoms with Crippen LogP contribution in [0.1, 0.15) is 49.8 Å². The lowest BCUT2D eigenvalue weighted by molar-refractivity contribution is 0.199. The molecule has 0 radical (unpaired) electrons. The number of hydrogen-bond acceptors (Lipinski definition) is 2. The molecule has 0 heterocycles. The SMILES string of the molecule is Cc1cc(N(C)CC2CC3CCC2C3)c([C@@H](C)O)cc1F. The lowest BCUT2D eigenvalue weighted by Gasteiger charge is -2.30. The van der Waals surface area contributed by atoms with Crippen LogP contribution in [0.5, 0.6) is 0 Å². The molecule has 3 unspecified atom stereocenters. The van der Waals surface area contributed by atoms with Crippen molar-refractivity contribution in [2.24, 2.45) is 17.8 Å². The summed E-state index contributed by atoms with van der Waals surface area (Å²) in [6.45, 7) is 4.51. The van der Waals surface area contributed by atoms with E-state index in [1.165, 1.54) is 31.7 Å². The summed E-state index contributed by atoms with van der Waals surface area (Å²) in [5, 5.41) is 9.94. The molecule has 2 bridgehead atoms. The zero-order chi connectivity index (χ0) is 15.1. The Balaban J connectivity index is 1.80. The van der Waals surface area contributed by atoms with E-state index in [4.69, 9.17) is 0 Å². The molecule has 1 N–H and O–H groups in total. The highest BCUT2D eigenvalue weighted by molar-refractivity contribution is 5.56. The molecule has 21 heavy (non-hydrogen) atoms. The van der Waals surface area contributed by atoms with Gasteiger partial charge in [-0.05, 0) is 68.6 Å². The summed E-state index contributed by atoms with van der Waals surface area (Å²) < 4.78 is 13.8. The van der Waals surface area contributed by atoms with Crippen molar-refractivity contribution in [1.29, 1.82) is 0 Å². The molecule has 3 heteroatoms. The Labute approximate surface area is 127 Å². The molecule has 0 aliphatic heterocycles. The fourth-order valence-corrected chi connectivity index (χ4v) is 4.40. The Morgan fingerprint density at radius 2 is 2.10 bits per heavy atom. The normalized spacial score (nSPS) is 28.9. The van der Waals surface area contributed by atoms with Crippen LogP contribution < -0.4 is 4.90 Å². The molecule has 116 valence electrons. The van der Waals surface area contributed by atoms with Gasteiger partial charge in [-0.1, -0.05) is 6.42 Å². The first-order chi connectivity index (χ1) is 9.95. The van der Waals surface area contributed by atoms with Gasteiger partial charge in [-0.25, -0.2) is 4.39 Å². The monoisotopic (exact) mass is 291 g/mol. The molecule has 1 aromatic carbocycles. The van der Waals surface area contributed by atoms with E-state index in [2.05, 4.69) is 11.9 Å². The van der Waals surface area contributed by atoms with Crippen molar-refractivity contribution in [2.75, 3.05) is 18.5 Å². The van der Waals surface area contributed by atoms with Crippen molar-refractivity contribution < 1.29 is 9.50 Å². The maximum absolute atomic E-state index is 13.8. The van der Waals surface area contributed by atoms with Crippen molar-refractivity contribution in [1.82, 2.24) is 0 Å². The summed E-state index contributed by atoms with van der Waals surface area (Å²) >= 11 is 0. The highest BCUT2D eigenvalue weighted by Gasteiger charge is 2.39. The topological polar surface area (TPSA) is 23.5 Å². The molecule has 2 fully saturated rings.